The van der Waals surface area contributed by atoms with Crippen LogP contribution >= 0.6 is 15.9 Å². The van der Waals surface area contributed by atoms with Gasteiger partial charge in [0.2, 0.25) is 0 Å². The molecule has 2 aromatic rings. The third kappa shape index (κ3) is 2.67. The van der Waals surface area contributed by atoms with E-state index in [0.717, 1.165) is 28.1 Å². The van der Waals surface area contributed by atoms with Crippen LogP contribution in [0.1, 0.15) is 22.8 Å². The Balaban J connectivity index is 2.30. The molecule has 0 saturated carbocycles. The monoisotopic (exact) mass is 276 g/mol. The van der Waals surface area contributed by atoms with E-state index in [1.165, 1.54) is 5.56 Å². The van der Waals surface area contributed by atoms with Gasteiger partial charge < -0.3 is 0 Å². The molecule has 1 aromatic heterocycles. The predicted octanol–water partition coefficient (Wildman–Crippen LogP) is 3.45. The third-order valence-electron chi connectivity index (χ3n) is 2.35. The maximum atomic E-state index is 4.44. The van der Waals surface area contributed by atoms with Crippen molar-refractivity contribution in [3.05, 3.63) is 57.6 Å². The van der Waals surface area contributed by atoms with Crippen LogP contribution in [-0.4, -0.2) is 9.97 Å². The number of hydrogen-bond acceptors (Lipinski definition) is 2. The van der Waals surface area contributed by atoms with Crippen LogP contribution in [0.15, 0.2) is 34.8 Å². The molecule has 0 bridgehead atoms. The van der Waals surface area contributed by atoms with Crippen molar-refractivity contribution in [2.75, 3.05) is 0 Å². The van der Waals surface area contributed by atoms with E-state index in [1.54, 1.807) is 0 Å². The van der Waals surface area contributed by atoms with Crippen LogP contribution in [0.3, 0.4) is 0 Å². The van der Waals surface area contributed by atoms with Crippen LogP contribution in [0.2, 0.25) is 0 Å². The summed E-state index contributed by atoms with van der Waals surface area (Å²) in [5.74, 6) is 0.835. The van der Waals surface area contributed by atoms with Gasteiger partial charge in [0.1, 0.15) is 5.82 Å². The van der Waals surface area contributed by atoms with E-state index >= 15 is 0 Å². The summed E-state index contributed by atoms with van der Waals surface area (Å²) in [4.78, 5) is 8.71. The molecule has 82 valence electrons. The van der Waals surface area contributed by atoms with Crippen LogP contribution < -0.4 is 0 Å². The minimum absolute atomic E-state index is 0.835. The van der Waals surface area contributed by atoms with Crippen LogP contribution in [0.5, 0.6) is 0 Å². The van der Waals surface area contributed by atoms with E-state index in [-0.39, 0.29) is 0 Å². The molecule has 0 spiro atoms. The normalized spacial score (nSPS) is 10.4. The largest absolute Gasteiger partial charge is 0.239 e. The topological polar surface area (TPSA) is 25.8 Å². The highest BCUT2D eigenvalue weighted by atomic mass is 79.9. The zero-order valence-corrected chi connectivity index (χ0v) is 11.0. The van der Waals surface area contributed by atoms with Gasteiger partial charge in [-0.05, 0) is 31.5 Å². The first-order chi connectivity index (χ1) is 7.65. The number of aromatic nitrogens is 2. The number of benzene rings is 1. The number of nitrogens with zero attached hydrogens (tertiary/aromatic N) is 2. The van der Waals surface area contributed by atoms with Crippen LogP contribution in [0.25, 0.3) is 0 Å². The number of rotatable bonds is 2. The van der Waals surface area contributed by atoms with Gasteiger partial charge in [0.15, 0.2) is 0 Å². The van der Waals surface area contributed by atoms with E-state index in [0.29, 0.717) is 0 Å². The maximum absolute atomic E-state index is 4.44. The van der Waals surface area contributed by atoms with Crippen molar-refractivity contribution in [3.8, 4) is 0 Å². The summed E-state index contributed by atoms with van der Waals surface area (Å²) < 4.78 is 1.13. The van der Waals surface area contributed by atoms with Gasteiger partial charge in [-0.25, -0.2) is 9.97 Å². The van der Waals surface area contributed by atoms with Gasteiger partial charge in [-0.3, -0.25) is 0 Å². The molecule has 16 heavy (non-hydrogen) atoms. The van der Waals surface area contributed by atoms with Crippen molar-refractivity contribution in [2.45, 2.75) is 20.3 Å². The third-order valence-corrected chi connectivity index (χ3v) is 3.12. The molecule has 0 N–H and O–H groups in total. The van der Waals surface area contributed by atoms with Crippen LogP contribution in [0, 0.1) is 13.8 Å². The first kappa shape index (κ1) is 11.3. The minimum atomic E-state index is 0.835. The highest BCUT2D eigenvalue weighted by molar-refractivity contribution is 9.10. The molecule has 0 saturated heterocycles. The van der Waals surface area contributed by atoms with Gasteiger partial charge in [0.25, 0.3) is 0 Å². The van der Waals surface area contributed by atoms with Crippen molar-refractivity contribution in [1.82, 2.24) is 9.97 Å². The Morgan fingerprint density at radius 3 is 2.56 bits per heavy atom. The van der Waals surface area contributed by atoms with Gasteiger partial charge in [0, 0.05) is 22.3 Å². The molecule has 2 rings (SSSR count). The smallest absolute Gasteiger partial charge is 0.125 e. The molecular weight excluding hydrogens is 264 g/mol. The zero-order valence-electron chi connectivity index (χ0n) is 9.37. The lowest BCUT2D eigenvalue weighted by Crippen LogP contribution is -1.99. The molecule has 0 aliphatic heterocycles. The zero-order chi connectivity index (χ0) is 11.5. The summed E-state index contributed by atoms with van der Waals surface area (Å²) in [6.45, 7) is 3.93. The average Bonchev–Trinajstić information content (AvgIpc) is 2.20. The maximum Gasteiger partial charge on any atom is 0.125 e. The van der Waals surface area contributed by atoms with Gasteiger partial charge in [-0.1, -0.05) is 34.1 Å². The van der Waals surface area contributed by atoms with Crippen molar-refractivity contribution >= 4 is 15.9 Å². The van der Waals surface area contributed by atoms with E-state index in [4.69, 9.17) is 0 Å². The van der Waals surface area contributed by atoms with Crippen molar-refractivity contribution in [3.63, 3.8) is 0 Å². The van der Waals surface area contributed by atoms with Crippen molar-refractivity contribution in [2.24, 2.45) is 0 Å². The molecule has 2 nitrogen and oxygen atoms in total. The highest BCUT2D eigenvalue weighted by Crippen LogP contribution is 2.18. The van der Waals surface area contributed by atoms with Gasteiger partial charge in [-0.15, -0.1) is 0 Å². The van der Waals surface area contributed by atoms with Crippen LogP contribution in [-0.2, 0) is 6.42 Å². The van der Waals surface area contributed by atoms with Gasteiger partial charge in [0.05, 0.1) is 0 Å². The molecule has 0 unspecified atom stereocenters. The summed E-state index contributed by atoms with van der Waals surface area (Å²) in [6, 6.07) is 10.3. The Morgan fingerprint density at radius 1 is 1.12 bits per heavy atom. The molecular formula is C13H13BrN2. The summed E-state index contributed by atoms with van der Waals surface area (Å²) in [5, 5.41) is 0. The van der Waals surface area contributed by atoms with E-state index in [9.17, 15) is 0 Å². The molecule has 0 atom stereocenters. The fourth-order valence-corrected chi connectivity index (χ4v) is 2.15. The van der Waals surface area contributed by atoms with E-state index in [1.807, 2.05) is 32.0 Å². The second kappa shape index (κ2) is 4.74. The SMILES string of the molecule is Cc1cc(Cc2ccccc2Br)nc(C)n1. The molecule has 0 aliphatic carbocycles. The predicted molar refractivity (Wildman–Crippen MR) is 68.5 cm³/mol. The fraction of sp³-hybridized carbons (Fsp3) is 0.231. The molecule has 0 aliphatic rings. The molecule has 0 fully saturated rings. The Bertz CT molecular complexity index is 489. The molecule has 3 heteroatoms. The Kier molecular flexibility index (Phi) is 3.34. The first-order valence-electron chi connectivity index (χ1n) is 5.20. The quantitative estimate of drug-likeness (QED) is 0.840. The highest BCUT2D eigenvalue weighted by Gasteiger charge is 2.03. The Morgan fingerprint density at radius 2 is 1.88 bits per heavy atom. The second-order valence-electron chi connectivity index (χ2n) is 3.82. The molecule has 1 aromatic carbocycles. The molecule has 1 heterocycles. The Labute approximate surface area is 104 Å². The standard InChI is InChI=1S/C13H13BrN2/c1-9-7-12(16-10(2)15-9)8-11-5-3-4-6-13(11)14/h3-7H,8H2,1-2H3. The van der Waals surface area contributed by atoms with Gasteiger partial charge in [-0.2, -0.15) is 0 Å². The van der Waals surface area contributed by atoms with Crippen LogP contribution in [0.4, 0.5) is 0 Å². The summed E-state index contributed by atoms with van der Waals surface area (Å²) >= 11 is 3.55. The Hall–Kier alpha value is -1.22. The lowest BCUT2D eigenvalue weighted by atomic mass is 10.1. The first-order valence-corrected chi connectivity index (χ1v) is 5.99. The fourth-order valence-electron chi connectivity index (χ4n) is 1.72. The second-order valence-corrected chi connectivity index (χ2v) is 4.67. The number of halogens is 1. The van der Waals surface area contributed by atoms with E-state index < -0.39 is 0 Å². The lowest BCUT2D eigenvalue weighted by molar-refractivity contribution is 0.940. The summed E-state index contributed by atoms with van der Waals surface area (Å²) in [6.07, 6.45) is 0.839. The number of aryl methyl sites for hydroxylation is 2. The summed E-state index contributed by atoms with van der Waals surface area (Å²) in [5.41, 5.74) is 3.34. The minimum Gasteiger partial charge on any atom is -0.239 e. The molecule has 0 amide bonds. The average molecular weight is 277 g/mol. The van der Waals surface area contributed by atoms with Gasteiger partial charge >= 0.3 is 0 Å². The molecule has 0 radical (unpaired) electrons. The van der Waals surface area contributed by atoms with Crippen molar-refractivity contribution < 1.29 is 0 Å². The lowest BCUT2D eigenvalue weighted by Gasteiger charge is -2.05. The number of hydrogen-bond donors (Lipinski definition) is 0. The van der Waals surface area contributed by atoms with E-state index in [2.05, 4.69) is 38.0 Å². The van der Waals surface area contributed by atoms with Crippen molar-refractivity contribution in [1.29, 1.82) is 0 Å². The summed E-state index contributed by atoms with van der Waals surface area (Å²) in [7, 11) is 0.